The Morgan fingerprint density at radius 1 is 1.40 bits per heavy atom. The Balaban J connectivity index is 2.00. The van der Waals surface area contributed by atoms with Crippen molar-refractivity contribution in [1.82, 2.24) is 4.98 Å². The topological polar surface area (TPSA) is 42.4 Å². The van der Waals surface area contributed by atoms with Crippen molar-refractivity contribution in [1.29, 1.82) is 0 Å². The Morgan fingerprint density at radius 2 is 2.10 bits per heavy atom. The second-order valence-corrected chi connectivity index (χ2v) is 5.44. The van der Waals surface area contributed by atoms with Gasteiger partial charge in [0.1, 0.15) is 5.75 Å². The van der Waals surface area contributed by atoms with Gasteiger partial charge in [0.2, 0.25) is 5.92 Å². The summed E-state index contributed by atoms with van der Waals surface area (Å²) in [5.74, 6) is -2.08. The molecule has 0 amide bonds. The van der Waals surface area contributed by atoms with Crippen LogP contribution in [0.3, 0.4) is 0 Å². The summed E-state index contributed by atoms with van der Waals surface area (Å²) >= 11 is 0. The summed E-state index contributed by atoms with van der Waals surface area (Å²) in [6, 6.07) is 1.75. The van der Waals surface area contributed by atoms with E-state index >= 15 is 0 Å². The van der Waals surface area contributed by atoms with Crippen LogP contribution in [0.25, 0.3) is 0 Å². The van der Waals surface area contributed by atoms with Crippen LogP contribution in [0.15, 0.2) is 18.5 Å². The van der Waals surface area contributed by atoms with Crippen molar-refractivity contribution in [2.75, 3.05) is 6.61 Å². The van der Waals surface area contributed by atoms with Gasteiger partial charge in [-0.25, -0.2) is 8.78 Å². The number of aliphatic hydroxyl groups is 1. The normalized spacial score (nSPS) is 20.6. The molecule has 112 valence electrons. The van der Waals surface area contributed by atoms with Crippen LogP contribution in [0.4, 0.5) is 8.78 Å². The number of aromatic nitrogens is 1. The molecule has 1 atom stereocenters. The summed E-state index contributed by atoms with van der Waals surface area (Å²) < 4.78 is 31.7. The van der Waals surface area contributed by atoms with Gasteiger partial charge in [-0.1, -0.05) is 6.92 Å². The molecule has 0 saturated heterocycles. The van der Waals surface area contributed by atoms with Gasteiger partial charge in [-0.2, -0.15) is 0 Å². The molecule has 1 aromatic rings. The van der Waals surface area contributed by atoms with Crippen molar-refractivity contribution >= 4 is 0 Å². The van der Waals surface area contributed by atoms with E-state index in [0.717, 1.165) is 6.42 Å². The number of rotatable bonds is 5. The summed E-state index contributed by atoms with van der Waals surface area (Å²) in [4.78, 5) is 4.05. The van der Waals surface area contributed by atoms with Gasteiger partial charge in [0.05, 0.1) is 18.9 Å². The molecule has 1 unspecified atom stereocenters. The first-order valence-corrected chi connectivity index (χ1v) is 7.15. The summed E-state index contributed by atoms with van der Waals surface area (Å²) in [7, 11) is 0. The molecule has 0 spiro atoms. The number of halogens is 2. The molecule has 2 rings (SSSR count). The Labute approximate surface area is 118 Å². The lowest BCUT2D eigenvalue weighted by Crippen LogP contribution is -2.27. The summed E-state index contributed by atoms with van der Waals surface area (Å²) in [5, 5.41) is 10.3. The Morgan fingerprint density at radius 3 is 2.75 bits per heavy atom. The van der Waals surface area contributed by atoms with Crippen LogP contribution in [0.2, 0.25) is 0 Å². The Bertz CT molecular complexity index is 430. The summed E-state index contributed by atoms with van der Waals surface area (Å²) in [6.07, 6.45) is 3.72. The van der Waals surface area contributed by atoms with Crippen LogP contribution in [0, 0.1) is 5.92 Å². The largest absolute Gasteiger partial charge is 0.492 e. The SMILES string of the molecule is CCCOc1cncc(C(O)C2CCC(F)(F)CC2)c1. The van der Waals surface area contributed by atoms with Gasteiger partial charge in [-0.05, 0) is 31.2 Å². The van der Waals surface area contributed by atoms with Gasteiger partial charge in [-0.15, -0.1) is 0 Å². The minimum absolute atomic E-state index is 0.127. The third-order valence-electron chi connectivity index (χ3n) is 3.76. The van der Waals surface area contributed by atoms with Crippen LogP contribution in [0.1, 0.15) is 50.7 Å². The average molecular weight is 285 g/mol. The standard InChI is InChI=1S/C15H21F2NO2/c1-2-7-20-13-8-12(9-18-10-13)14(19)11-3-5-15(16,17)6-4-11/h8-11,14,19H,2-7H2,1H3. The molecule has 1 fully saturated rings. The zero-order valence-electron chi connectivity index (χ0n) is 11.7. The van der Waals surface area contributed by atoms with Gasteiger partial charge in [0.25, 0.3) is 0 Å². The van der Waals surface area contributed by atoms with Crippen molar-refractivity contribution in [3.05, 3.63) is 24.0 Å². The molecule has 1 N–H and O–H groups in total. The second-order valence-electron chi connectivity index (χ2n) is 5.44. The fourth-order valence-corrected chi connectivity index (χ4v) is 2.55. The number of nitrogens with zero attached hydrogens (tertiary/aromatic N) is 1. The third kappa shape index (κ3) is 3.88. The Hall–Kier alpha value is -1.23. The van der Waals surface area contributed by atoms with E-state index in [9.17, 15) is 13.9 Å². The van der Waals surface area contributed by atoms with Gasteiger partial charge in [0, 0.05) is 24.6 Å². The van der Waals surface area contributed by atoms with E-state index in [1.54, 1.807) is 18.5 Å². The van der Waals surface area contributed by atoms with E-state index in [1.165, 1.54) is 0 Å². The molecule has 5 heteroatoms. The lowest BCUT2D eigenvalue weighted by molar-refractivity contribution is -0.0627. The first kappa shape index (κ1) is 15.2. The molecule has 1 aliphatic rings. The van der Waals surface area contributed by atoms with E-state index in [4.69, 9.17) is 4.74 Å². The number of alkyl halides is 2. The molecule has 1 saturated carbocycles. The molecule has 3 nitrogen and oxygen atoms in total. The third-order valence-corrected chi connectivity index (χ3v) is 3.76. The molecule has 1 heterocycles. The van der Waals surface area contributed by atoms with Crippen LogP contribution < -0.4 is 4.74 Å². The van der Waals surface area contributed by atoms with Gasteiger partial charge < -0.3 is 9.84 Å². The van der Waals surface area contributed by atoms with Crippen molar-refractivity contribution in [2.24, 2.45) is 5.92 Å². The van der Waals surface area contributed by atoms with Crippen molar-refractivity contribution < 1.29 is 18.6 Å². The minimum atomic E-state index is -2.57. The first-order chi connectivity index (χ1) is 9.52. The number of hydrogen-bond acceptors (Lipinski definition) is 3. The van der Waals surface area contributed by atoms with Gasteiger partial charge >= 0.3 is 0 Å². The van der Waals surface area contributed by atoms with Crippen LogP contribution >= 0.6 is 0 Å². The number of pyridine rings is 1. The maximum atomic E-state index is 13.1. The molecular formula is C15H21F2NO2. The molecule has 0 aliphatic heterocycles. The Kier molecular flexibility index (Phi) is 4.91. The average Bonchev–Trinajstić information content (AvgIpc) is 2.45. The second kappa shape index (κ2) is 6.48. The fourth-order valence-electron chi connectivity index (χ4n) is 2.55. The van der Waals surface area contributed by atoms with Crippen LogP contribution in [-0.4, -0.2) is 22.6 Å². The lowest BCUT2D eigenvalue weighted by atomic mass is 9.81. The maximum absolute atomic E-state index is 13.1. The number of hydrogen-bond donors (Lipinski definition) is 1. The quantitative estimate of drug-likeness (QED) is 0.896. The predicted molar refractivity (Wildman–Crippen MR) is 71.9 cm³/mol. The van der Waals surface area contributed by atoms with Gasteiger partial charge in [-0.3, -0.25) is 4.98 Å². The van der Waals surface area contributed by atoms with E-state index in [-0.39, 0.29) is 18.8 Å². The zero-order valence-corrected chi connectivity index (χ0v) is 11.7. The van der Waals surface area contributed by atoms with E-state index < -0.39 is 12.0 Å². The van der Waals surface area contributed by atoms with Crippen molar-refractivity contribution in [3.8, 4) is 5.75 Å². The summed E-state index contributed by atoms with van der Waals surface area (Å²) in [6.45, 7) is 2.60. The fraction of sp³-hybridized carbons (Fsp3) is 0.667. The highest BCUT2D eigenvalue weighted by atomic mass is 19.3. The highest BCUT2D eigenvalue weighted by Gasteiger charge is 2.37. The molecular weight excluding hydrogens is 264 g/mol. The molecule has 0 bridgehead atoms. The number of ether oxygens (including phenoxy) is 1. The molecule has 1 aliphatic carbocycles. The molecule has 0 aromatic carbocycles. The monoisotopic (exact) mass is 285 g/mol. The van der Waals surface area contributed by atoms with Crippen molar-refractivity contribution in [2.45, 2.75) is 51.1 Å². The molecule has 0 radical (unpaired) electrons. The van der Waals surface area contributed by atoms with Crippen LogP contribution in [-0.2, 0) is 0 Å². The minimum Gasteiger partial charge on any atom is -0.492 e. The first-order valence-electron chi connectivity index (χ1n) is 7.15. The van der Waals surface area contributed by atoms with E-state index in [2.05, 4.69) is 4.98 Å². The van der Waals surface area contributed by atoms with E-state index in [0.29, 0.717) is 30.8 Å². The zero-order chi connectivity index (χ0) is 14.6. The highest BCUT2D eigenvalue weighted by molar-refractivity contribution is 5.25. The van der Waals surface area contributed by atoms with Gasteiger partial charge in [0.15, 0.2) is 0 Å². The summed E-state index contributed by atoms with van der Waals surface area (Å²) in [5.41, 5.74) is 0.647. The molecule has 1 aromatic heterocycles. The lowest BCUT2D eigenvalue weighted by Gasteiger charge is -2.31. The maximum Gasteiger partial charge on any atom is 0.248 e. The molecule has 20 heavy (non-hydrogen) atoms. The number of aliphatic hydroxyl groups excluding tert-OH is 1. The van der Waals surface area contributed by atoms with Crippen molar-refractivity contribution in [3.63, 3.8) is 0 Å². The van der Waals surface area contributed by atoms with E-state index in [1.807, 2.05) is 6.92 Å². The smallest absolute Gasteiger partial charge is 0.248 e. The predicted octanol–water partition coefficient (Wildman–Crippen LogP) is 3.73. The van der Waals surface area contributed by atoms with Crippen LogP contribution in [0.5, 0.6) is 5.75 Å². The highest BCUT2D eigenvalue weighted by Crippen LogP contribution is 2.41.